The SMILES string of the molecule is CCOCCN(C)c1c(F)cccc1CCl. The minimum Gasteiger partial charge on any atom is -0.380 e. The summed E-state index contributed by atoms with van der Waals surface area (Å²) in [6, 6.07) is 4.96. The summed E-state index contributed by atoms with van der Waals surface area (Å²) in [5, 5.41) is 0. The summed E-state index contributed by atoms with van der Waals surface area (Å²) < 4.78 is 18.9. The third kappa shape index (κ3) is 3.35. The van der Waals surface area contributed by atoms with Gasteiger partial charge in [-0.1, -0.05) is 12.1 Å². The molecule has 0 aliphatic rings. The highest BCUT2D eigenvalue weighted by Crippen LogP contribution is 2.24. The van der Waals surface area contributed by atoms with Crippen LogP contribution in [0.25, 0.3) is 0 Å². The molecule has 0 amide bonds. The molecule has 0 aliphatic heterocycles. The standard InChI is InChI=1S/C12H17ClFNO/c1-3-16-8-7-15(2)12-10(9-13)5-4-6-11(12)14/h4-6H,3,7-9H2,1-2H3. The number of benzene rings is 1. The van der Waals surface area contributed by atoms with Crippen LogP contribution in [0.2, 0.25) is 0 Å². The number of hydrogen-bond donors (Lipinski definition) is 0. The first kappa shape index (κ1) is 13.3. The average molecular weight is 246 g/mol. The maximum atomic E-state index is 13.7. The van der Waals surface area contributed by atoms with E-state index in [9.17, 15) is 4.39 Å². The quantitative estimate of drug-likeness (QED) is 0.564. The van der Waals surface area contributed by atoms with Gasteiger partial charge in [-0.3, -0.25) is 0 Å². The fourth-order valence-electron chi connectivity index (χ4n) is 1.55. The summed E-state index contributed by atoms with van der Waals surface area (Å²) in [7, 11) is 1.84. The van der Waals surface area contributed by atoms with Gasteiger partial charge in [0.15, 0.2) is 0 Å². The van der Waals surface area contributed by atoms with Crippen molar-refractivity contribution in [2.24, 2.45) is 0 Å². The molecule has 4 heteroatoms. The molecule has 2 nitrogen and oxygen atoms in total. The van der Waals surface area contributed by atoms with E-state index in [1.807, 2.05) is 24.9 Å². The van der Waals surface area contributed by atoms with Crippen molar-refractivity contribution in [1.29, 1.82) is 0 Å². The van der Waals surface area contributed by atoms with Crippen LogP contribution in [0.3, 0.4) is 0 Å². The Balaban J connectivity index is 2.76. The fraction of sp³-hybridized carbons (Fsp3) is 0.500. The van der Waals surface area contributed by atoms with E-state index in [-0.39, 0.29) is 5.82 Å². The van der Waals surface area contributed by atoms with Gasteiger partial charge in [-0.05, 0) is 18.6 Å². The van der Waals surface area contributed by atoms with Crippen LogP contribution in [-0.4, -0.2) is 26.8 Å². The van der Waals surface area contributed by atoms with E-state index >= 15 is 0 Å². The van der Waals surface area contributed by atoms with Gasteiger partial charge >= 0.3 is 0 Å². The first-order chi connectivity index (χ1) is 7.70. The molecule has 0 heterocycles. The molecule has 1 aromatic rings. The molecule has 0 aromatic heterocycles. The smallest absolute Gasteiger partial charge is 0.146 e. The number of likely N-dealkylation sites (N-methyl/N-ethyl adjacent to an activating group) is 1. The normalized spacial score (nSPS) is 10.5. The van der Waals surface area contributed by atoms with Crippen molar-refractivity contribution in [2.75, 3.05) is 31.7 Å². The van der Waals surface area contributed by atoms with Gasteiger partial charge in [0.25, 0.3) is 0 Å². The second-order valence-electron chi connectivity index (χ2n) is 3.50. The largest absolute Gasteiger partial charge is 0.380 e. The minimum absolute atomic E-state index is 0.239. The predicted molar refractivity (Wildman–Crippen MR) is 65.7 cm³/mol. The van der Waals surface area contributed by atoms with Crippen molar-refractivity contribution < 1.29 is 9.13 Å². The fourth-order valence-corrected chi connectivity index (χ4v) is 1.77. The van der Waals surface area contributed by atoms with Crippen LogP contribution in [0.4, 0.5) is 10.1 Å². The molecule has 0 saturated heterocycles. The Hall–Kier alpha value is -0.800. The summed E-state index contributed by atoms with van der Waals surface area (Å²) in [4.78, 5) is 1.84. The molecule has 0 spiro atoms. The molecule has 90 valence electrons. The van der Waals surface area contributed by atoms with Gasteiger partial charge in [0.1, 0.15) is 5.82 Å². The third-order valence-corrected chi connectivity index (χ3v) is 2.66. The second-order valence-corrected chi connectivity index (χ2v) is 3.77. The minimum atomic E-state index is -0.239. The van der Waals surface area contributed by atoms with Crippen molar-refractivity contribution in [1.82, 2.24) is 0 Å². The Bertz CT molecular complexity index is 333. The van der Waals surface area contributed by atoms with Crippen LogP contribution in [0.1, 0.15) is 12.5 Å². The molecule has 0 fully saturated rings. The molecule has 1 aromatic carbocycles. The lowest BCUT2D eigenvalue weighted by Gasteiger charge is -2.22. The van der Waals surface area contributed by atoms with E-state index in [0.29, 0.717) is 31.3 Å². The first-order valence-corrected chi connectivity index (χ1v) is 5.86. The van der Waals surface area contributed by atoms with E-state index in [1.54, 1.807) is 6.07 Å². The lowest BCUT2D eigenvalue weighted by Crippen LogP contribution is -2.24. The molecule has 0 radical (unpaired) electrons. The Morgan fingerprint density at radius 2 is 2.19 bits per heavy atom. The number of anilines is 1. The number of hydrogen-bond acceptors (Lipinski definition) is 2. The Labute approximate surface area is 101 Å². The van der Waals surface area contributed by atoms with Crippen molar-refractivity contribution in [3.8, 4) is 0 Å². The van der Waals surface area contributed by atoms with Crippen LogP contribution in [0.15, 0.2) is 18.2 Å². The molecule has 0 bridgehead atoms. The average Bonchev–Trinajstić information content (AvgIpc) is 2.28. The van der Waals surface area contributed by atoms with Crippen LogP contribution < -0.4 is 4.90 Å². The summed E-state index contributed by atoms with van der Waals surface area (Å²) in [6.45, 7) is 3.85. The number of nitrogens with zero attached hydrogens (tertiary/aromatic N) is 1. The number of alkyl halides is 1. The first-order valence-electron chi connectivity index (χ1n) is 5.33. The van der Waals surface area contributed by atoms with Gasteiger partial charge in [-0.25, -0.2) is 4.39 Å². The van der Waals surface area contributed by atoms with Gasteiger partial charge in [0.2, 0.25) is 0 Å². The maximum absolute atomic E-state index is 13.7. The highest BCUT2D eigenvalue weighted by Gasteiger charge is 2.11. The van der Waals surface area contributed by atoms with Crippen molar-refractivity contribution in [2.45, 2.75) is 12.8 Å². The summed E-state index contributed by atoms with van der Waals surface area (Å²) in [5.74, 6) is 0.0728. The lowest BCUT2D eigenvalue weighted by molar-refractivity contribution is 0.154. The van der Waals surface area contributed by atoms with E-state index in [0.717, 1.165) is 5.56 Å². The molecular weight excluding hydrogens is 229 g/mol. The highest BCUT2D eigenvalue weighted by molar-refractivity contribution is 6.17. The topological polar surface area (TPSA) is 12.5 Å². The number of para-hydroxylation sites is 1. The van der Waals surface area contributed by atoms with Crippen molar-refractivity contribution >= 4 is 17.3 Å². The molecule has 0 unspecified atom stereocenters. The summed E-state index contributed by atoms with van der Waals surface area (Å²) in [5.41, 5.74) is 1.37. The zero-order valence-electron chi connectivity index (χ0n) is 9.67. The van der Waals surface area contributed by atoms with Crippen LogP contribution in [0.5, 0.6) is 0 Å². The molecular formula is C12H17ClFNO. The highest BCUT2D eigenvalue weighted by atomic mass is 35.5. The Morgan fingerprint density at radius 3 is 2.81 bits per heavy atom. The zero-order valence-corrected chi connectivity index (χ0v) is 10.4. The molecule has 0 aliphatic carbocycles. The molecule has 16 heavy (non-hydrogen) atoms. The van der Waals surface area contributed by atoms with Gasteiger partial charge in [-0.2, -0.15) is 0 Å². The Kier molecular flexibility index (Phi) is 5.56. The van der Waals surface area contributed by atoms with Crippen molar-refractivity contribution in [3.63, 3.8) is 0 Å². The van der Waals surface area contributed by atoms with E-state index in [1.165, 1.54) is 6.07 Å². The van der Waals surface area contributed by atoms with E-state index in [2.05, 4.69) is 0 Å². The lowest BCUT2D eigenvalue weighted by atomic mass is 10.2. The number of ether oxygens (including phenoxy) is 1. The maximum Gasteiger partial charge on any atom is 0.146 e. The van der Waals surface area contributed by atoms with Crippen LogP contribution in [-0.2, 0) is 10.6 Å². The monoisotopic (exact) mass is 245 g/mol. The van der Waals surface area contributed by atoms with Gasteiger partial charge < -0.3 is 9.64 Å². The van der Waals surface area contributed by atoms with E-state index < -0.39 is 0 Å². The summed E-state index contributed by atoms with van der Waals surface area (Å²) in [6.07, 6.45) is 0. The predicted octanol–water partition coefficient (Wildman–Crippen LogP) is 3.04. The molecule has 0 atom stereocenters. The van der Waals surface area contributed by atoms with E-state index in [4.69, 9.17) is 16.3 Å². The number of rotatable bonds is 6. The second kappa shape index (κ2) is 6.71. The van der Waals surface area contributed by atoms with Crippen molar-refractivity contribution in [3.05, 3.63) is 29.6 Å². The van der Waals surface area contributed by atoms with Crippen LogP contribution in [0, 0.1) is 5.82 Å². The van der Waals surface area contributed by atoms with Gasteiger partial charge in [-0.15, -0.1) is 11.6 Å². The van der Waals surface area contributed by atoms with Crippen LogP contribution >= 0.6 is 11.6 Å². The third-order valence-electron chi connectivity index (χ3n) is 2.37. The summed E-state index contributed by atoms with van der Waals surface area (Å²) >= 11 is 5.78. The molecule has 0 saturated carbocycles. The van der Waals surface area contributed by atoms with Gasteiger partial charge in [0, 0.05) is 26.1 Å². The Morgan fingerprint density at radius 1 is 1.44 bits per heavy atom. The molecule has 0 N–H and O–H groups in total. The number of halogens is 2. The molecule has 1 rings (SSSR count). The zero-order chi connectivity index (χ0) is 12.0. The van der Waals surface area contributed by atoms with Gasteiger partial charge in [0.05, 0.1) is 12.3 Å².